The van der Waals surface area contributed by atoms with Crippen molar-refractivity contribution in [3.8, 4) is 0 Å². The molecule has 0 aliphatic carbocycles. The van der Waals surface area contributed by atoms with Crippen molar-refractivity contribution < 1.29 is 13.2 Å². The van der Waals surface area contributed by atoms with Gasteiger partial charge >= 0.3 is 10.2 Å². The first-order chi connectivity index (χ1) is 11.5. The average molecular weight is 365 g/mol. The Morgan fingerprint density at radius 2 is 1.83 bits per heavy atom. The van der Waals surface area contributed by atoms with Crippen LogP contribution in [0.4, 0.5) is 5.69 Å². The average Bonchev–Trinajstić information content (AvgIpc) is 2.57. The normalized spacial score (nSPS) is 15.6. The highest BCUT2D eigenvalue weighted by molar-refractivity contribution is 7.91. The van der Waals surface area contributed by atoms with Crippen molar-refractivity contribution >= 4 is 33.4 Å². The molecule has 24 heavy (non-hydrogen) atoms. The van der Waals surface area contributed by atoms with Crippen LogP contribution in [0.15, 0.2) is 52.9 Å². The molecular formula is C17H17ClN2O3S. The van der Waals surface area contributed by atoms with Crippen LogP contribution in [-0.4, -0.2) is 20.9 Å². The molecule has 0 radical (unpaired) electrons. The van der Waals surface area contributed by atoms with E-state index in [1.807, 2.05) is 19.1 Å². The summed E-state index contributed by atoms with van der Waals surface area (Å²) in [5.74, 6) is 0.153. The molecule has 2 aromatic carbocycles. The minimum absolute atomic E-state index is 0.153. The monoisotopic (exact) mass is 364 g/mol. The van der Waals surface area contributed by atoms with Crippen LogP contribution in [0.2, 0.25) is 5.02 Å². The van der Waals surface area contributed by atoms with Crippen molar-refractivity contribution in [3.63, 3.8) is 0 Å². The maximum atomic E-state index is 12.6. The maximum absolute atomic E-state index is 12.6. The maximum Gasteiger partial charge on any atom is 0.348 e. The minimum Gasteiger partial charge on any atom is -0.477 e. The molecule has 1 heterocycles. The number of para-hydroxylation sites is 1. The summed E-state index contributed by atoms with van der Waals surface area (Å²) in [4.78, 5) is 0. The first kappa shape index (κ1) is 16.8. The Morgan fingerprint density at radius 3 is 2.54 bits per heavy atom. The van der Waals surface area contributed by atoms with Gasteiger partial charge in [0.25, 0.3) is 0 Å². The molecule has 0 spiro atoms. The van der Waals surface area contributed by atoms with E-state index in [1.54, 1.807) is 36.4 Å². The number of ether oxygens (including phenoxy) is 1. The summed E-state index contributed by atoms with van der Waals surface area (Å²) in [6.07, 6.45) is 0.774. The van der Waals surface area contributed by atoms with Crippen molar-refractivity contribution in [3.05, 3.63) is 64.7 Å². The Morgan fingerprint density at radius 1 is 1.12 bits per heavy atom. The summed E-state index contributed by atoms with van der Waals surface area (Å²) in [7, 11) is -3.86. The van der Waals surface area contributed by atoms with E-state index >= 15 is 0 Å². The fourth-order valence-corrected chi connectivity index (χ4v) is 3.73. The van der Waals surface area contributed by atoms with Crippen molar-refractivity contribution in [1.29, 1.82) is 0 Å². The molecule has 3 rings (SSSR count). The van der Waals surface area contributed by atoms with Crippen LogP contribution in [0.3, 0.4) is 0 Å². The third-order valence-corrected chi connectivity index (χ3v) is 5.09. The van der Waals surface area contributed by atoms with Gasteiger partial charge in [-0.05, 0) is 36.2 Å². The van der Waals surface area contributed by atoms with Crippen molar-refractivity contribution in [2.75, 3.05) is 10.9 Å². The van der Waals surface area contributed by atoms with Crippen molar-refractivity contribution in [2.24, 2.45) is 4.40 Å². The lowest BCUT2D eigenvalue weighted by molar-refractivity contribution is 0.306. The van der Waals surface area contributed by atoms with E-state index in [0.717, 1.165) is 12.0 Å². The van der Waals surface area contributed by atoms with Gasteiger partial charge in [-0.2, -0.15) is 8.42 Å². The smallest absolute Gasteiger partial charge is 0.348 e. The Hall–Kier alpha value is -2.05. The first-order valence-corrected chi connectivity index (χ1v) is 9.38. The summed E-state index contributed by atoms with van der Waals surface area (Å²) in [5.41, 5.74) is 2.06. The molecule has 0 N–H and O–H groups in total. The van der Waals surface area contributed by atoms with Crippen molar-refractivity contribution in [2.45, 2.75) is 19.9 Å². The second kappa shape index (κ2) is 6.83. The van der Waals surface area contributed by atoms with Crippen LogP contribution in [-0.2, 0) is 21.5 Å². The van der Waals surface area contributed by atoms with Gasteiger partial charge in [-0.1, -0.05) is 42.8 Å². The molecule has 126 valence electrons. The van der Waals surface area contributed by atoms with E-state index in [1.165, 1.54) is 4.31 Å². The molecule has 7 heteroatoms. The van der Waals surface area contributed by atoms with Gasteiger partial charge in [0, 0.05) is 5.02 Å². The summed E-state index contributed by atoms with van der Waals surface area (Å²) < 4.78 is 35.9. The molecule has 0 atom stereocenters. The number of hydrogen-bond acceptors (Lipinski definition) is 3. The lowest BCUT2D eigenvalue weighted by Crippen LogP contribution is -2.35. The van der Waals surface area contributed by atoms with Gasteiger partial charge < -0.3 is 4.74 Å². The molecule has 0 saturated carbocycles. The molecule has 1 aliphatic heterocycles. The van der Waals surface area contributed by atoms with Crippen LogP contribution in [0.25, 0.3) is 0 Å². The highest BCUT2D eigenvalue weighted by Crippen LogP contribution is 2.31. The number of halogens is 1. The predicted octanol–water partition coefficient (Wildman–Crippen LogP) is 3.78. The molecule has 0 aromatic heterocycles. The summed E-state index contributed by atoms with van der Waals surface area (Å²) in [5, 5.41) is 0.605. The minimum atomic E-state index is -3.86. The molecule has 0 unspecified atom stereocenters. The molecule has 2 aromatic rings. The Labute approximate surface area is 146 Å². The van der Waals surface area contributed by atoms with E-state index in [9.17, 15) is 8.42 Å². The number of fused-ring (bicyclic) bond motifs is 1. The van der Waals surface area contributed by atoms with Gasteiger partial charge in [0.15, 0.2) is 0 Å². The summed E-state index contributed by atoms with van der Waals surface area (Å²) >= 11 is 5.89. The molecule has 0 fully saturated rings. The predicted molar refractivity (Wildman–Crippen MR) is 95.8 cm³/mol. The number of nitrogens with zero attached hydrogens (tertiary/aromatic N) is 2. The van der Waals surface area contributed by atoms with Gasteiger partial charge in [-0.15, -0.1) is 4.40 Å². The van der Waals surface area contributed by atoms with Gasteiger partial charge in [0.05, 0.1) is 24.4 Å². The number of rotatable bonds is 4. The van der Waals surface area contributed by atoms with Crippen LogP contribution < -0.4 is 4.31 Å². The second-order valence-corrected chi connectivity index (χ2v) is 7.33. The first-order valence-electron chi connectivity index (χ1n) is 7.60. The van der Waals surface area contributed by atoms with Gasteiger partial charge in [0.2, 0.25) is 5.90 Å². The van der Waals surface area contributed by atoms with E-state index < -0.39 is 10.2 Å². The third-order valence-electron chi connectivity index (χ3n) is 3.56. The number of anilines is 1. The van der Waals surface area contributed by atoms with Gasteiger partial charge in [-0.25, -0.2) is 4.31 Å². The largest absolute Gasteiger partial charge is 0.477 e. The molecular weight excluding hydrogens is 348 g/mol. The molecule has 5 nitrogen and oxygen atoms in total. The van der Waals surface area contributed by atoms with Crippen LogP contribution in [0.5, 0.6) is 0 Å². The fraction of sp³-hybridized carbons (Fsp3) is 0.235. The van der Waals surface area contributed by atoms with E-state index in [2.05, 4.69) is 4.40 Å². The number of benzene rings is 2. The summed E-state index contributed by atoms with van der Waals surface area (Å²) in [6, 6.07) is 14.3. The third kappa shape index (κ3) is 3.39. The molecule has 1 aliphatic rings. The van der Waals surface area contributed by atoms with Gasteiger partial charge in [0.1, 0.15) is 0 Å². The zero-order valence-corrected chi connectivity index (χ0v) is 14.7. The molecule has 0 amide bonds. The Kier molecular flexibility index (Phi) is 4.78. The van der Waals surface area contributed by atoms with Crippen LogP contribution >= 0.6 is 11.6 Å². The SMILES string of the molecule is CCCOC1=NS(=O)(=O)N(Cc2ccc(Cl)cc2)c2ccccc21. The van der Waals surface area contributed by atoms with Crippen molar-refractivity contribution in [1.82, 2.24) is 0 Å². The lowest BCUT2D eigenvalue weighted by Gasteiger charge is -2.28. The number of hydrogen-bond donors (Lipinski definition) is 0. The van der Waals surface area contributed by atoms with E-state index in [-0.39, 0.29) is 12.4 Å². The van der Waals surface area contributed by atoms with E-state index in [4.69, 9.17) is 16.3 Å². The summed E-state index contributed by atoms with van der Waals surface area (Å²) in [6.45, 7) is 2.55. The van der Waals surface area contributed by atoms with Gasteiger partial charge in [-0.3, -0.25) is 0 Å². The van der Waals surface area contributed by atoms with Crippen LogP contribution in [0.1, 0.15) is 24.5 Å². The molecule has 0 saturated heterocycles. The highest BCUT2D eigenvalue weighted by atomic mass is 35.5. The highest BCUT2D eigenvalue weighted by Gasteiger charge is 2.32. The van der Waals surface area contributed by atoms with Crippen LogP contribution in [0, 0.1) is 0 Å². The Balaban J connectivity index is 2.01. The zero-order chi connectivity index (χ0) is 17.2. The quantitative estimate of drug-likeness (QED) is 0.829. The molecule has 0 bridgehead atoms. The van der Waals surface area contributed by atoms with E-state index in [0.29, 0.717) is 22.9 Å². The fourth-order valence-electron chi connectivity index (χ4n) is 2.42. The zero-order valence-electron chi connectivity index (χ0n) is 13.1. The Bertz CT molecular complexity index is 864. The topological polar surface area (TPSA) is 59.0 Å². The second-order valence-electron chi connectivity index (χ2n) is 5.37. The lowest BCUT2D eigenvalue weighted by atomic mass is 10.1. The standard InChI is InChI=1S/C17H17ClN2O3S/c1-2-11-23-17-15-5-3-4-6-16(15)20(24(21,22)19-17)12-13-7-9-14(18)10-8-13/h3-10H,2,11-12H2,1H3.